The molecule has 5 heteroatoms. The molecule has 0 aliphatic carbocycles. The first-order valence-corrected chi connectivity index (χ1v) is 6.16. The van der Waals surface area contributed by atoms with E-state index in [2.05, 4.69) is 20.6 Å². The van der Waals surface area contributed by atoms with Crippen LogP contribution in [0.3, 0.4) is 0 Å². The van der Waals surface area contributed by atoms with Crippen LogP contribution in [0.15, 0.2) is 43.0 Å². The molecule has 1 amide bonds. The van der Waals surface area contributed by atoms with E-state index in [0.29, 0.717) is 5.56 Å². The molecular formula is C14H16N4O. The van der Waals surface area contributed by atoms with Crippen LogP contribution in [0.4, 0.5) is 5.69 Å². The zero-order valence-electron chi connectivity index (χ0n) is 10.8. The lowest BCUT2D eigenvalue weighted by atomic mass is 10.1. The number of rotatable bonds is 5. The van der Waals surface area contributed by atoms with E-state index in [1.807, 2.05) is 31.2 Å². The van der Waals surface area contributed by atoms with Crippen LogP contribution in [0.1, 0.15) is 22.8 Å². The third-order valence-corrected chi connectivity index (χ3v) is 2.65. The molecule has 2 N–H and O–H groups in total. The van der Waals surface area contributed by atoms with Gasteiger partial charge in [0.2, 0.25) is 0 Å². The van der Waals surface area contributed by atoms with E-state index < -0.39 is 0 Å². The Labute approximate surface area is 112 Å². The molecule has 0 spiro atoms. The Morgan fingerprint density at radius 3 is 2.68 bits per heavy atom. The summed E-state index contributed by atoms with van der Waals surface area (Å²) in [6.07, 6.45) is 4.39. The largest absolute Gasteiger partial charge is 0.322 e. The monoisotopic (exact) mass is 256 g/mol. The zero-order chi connectivity index (χ0) is 13.5. The van der Waals surface area contributed by atoms with Crippen LogP contribution in [-0.4, -0.2) is 22.4 Å². The summed E-state index contributed by atoms with van der Waals surface area (Å²) in [5.41, 5.74) is 2.30. The Balaban J connectivity index is 2.12. The molecule has 0 unspecified atom stereocenters. The molecule has 98 valence electrons. The number of nitrogens with zero attached hydrogens (tertiary/aromatic N) is 2. The van der Waals surface area contributed by atoms with Gasteiger partial charge in [-0.2, -0.15) is 0 Å². The molecular weight excluding hydrogens is 240 g/mol. The van der Waals surface area contributed by atoms with Crippen molar-refractivity contribution in [2.75, 3.05) is 11.9 Å². The van der Waals surface area contributed by atoms with Crippen molar-refractivity contribution in [3.63, 3.8) is 0 Å². The third-order valence-electron chi connectivity index (χ3n) is 2.65. The van der Waals surface area contributed by atoms with Crippen molar-refractivity contribution in [2.24, 2.45) is 0 Å². The van der Waals surface area contributed by atoms with Crippen molar-refractivity contribution >= 4 is 11.6 Å². The van der Waals surface area contributed by atoms with Crippen LogP contribution >= 0.6 is 0 Å². The molecule has 1 aromatic heterocycles. The molecule has 19 heavy (non-hydrogen) atoms. The molecule has 1 aromatic carbocycles. The van der Waals surface area contributed by atoms with Gasteiger partial charge in [0.05, 0.1) is 5.56 Å². The smallest absolute Gasteiger partial charge is 0.258 e. The van der Waals surface area contributed by atoms with Crippen LogP contribution in [0.2, 0.25) is 0 Å². The number of hydrogen-bond donors (Lipinski definition) is 2. The van der Waals surface area contributed by atoms with Gasteiger partial charge < -0.3 is 10.6 Å². The Morgan fingerprint density at radius 2 is 1.95 bits per heavy atom. The first kappa shape index (κ1) is 13.2. The van der Waals surface area contributed by atoms with E-state index in [1.54, 1.807) is 0 Å². The van der Waals surface area contributed by atoms with Gasteiger partial charge in [-0.15, -0.1) is 0 Å². The van der Waals surface area contributed by atoms with E-state index in [9.17, 15) is 4.79 Å². The normalized spacial score (nSPS) is 10.2. The van der Waals surface area contributed by atoms with E-state index >= 15 is 0 Å². The highest BCUT2D eigenvalue weighted by Crippen LogP contribution is 2.15. The Kier molecular flexibility index (Phi) is 4.58. The third kappa shape index (κ3) is 3.59. The van der Waals surface area contributed by atoms with Gasteiger partial charge in [-0.05, 0) is 18.2 Å². The number of amides is 1. The first-order valence-electron chi connectivity index (χ1n) is 6.16. The maximum atomic E-state index is 12.0. The highest BCUT2D eigenvalue weighted by molar-refractivity contribution is 6.04. The SMILES string of the molecule is CCNCc1ccccc1NC(=O)c1cncnc1. The van der Waals surface area contributed by atoms with Crippen molar-refractivity contribution in [3.05, 3.63) is 54.1 Å². The predicted molar refractivity (Wildman–Crippen MR) is 73.8 cm³/mol. The van der Waals surface area contributed by atoms with Crippen molar-refractivity contribution in [1.82, 2.24) is 15.3 Å². The average molecular weight is 256 g/mol. The number of carbonyl (C=O) groups is 1. The summed E-state index contributed by atoms with van der Waals surface area (Å²) in [5, 5.41) is 6.12. The topological polar surface area (TPSA) is 66.9 Å². The maximum absolute atomic E-state index is 12.0. The standard InChI is InChI=1S/C14H16N4O/c1-2-15-7-11-5-3-4-6-13(11)18-14(19)12-8-16-10-17-9-12/h3-6,8-10,15H,2,7H2,1H3,(H,18,19). The first-order chi connectivity index (χ1) is 9.31. The summed E-state index contributed by atoms with van der Waals surface area (Å²) in [5.74, 6) is -0.204. The highest BCUT2D eigenvalue weighted by atomic mass is 16.1. The molecule has 0 saturated heterocycles. The van der Waals surface area contributed by atoms with Crippen LogP contribution in [0.5, 0.6) is 0 Å². The van der Waals surface area contributed by atoms with Crippen LogP contribution < -0.4 is 10.6 Å². The van der Waals surface area contributed by atoms with Crippen LogP contribution in [0, 0.1) is 0 Å². The molecule has 2 aromatic rings. The van der Waals surface area contributed by atoms with E-state index in [4.69, 9.17) is 0 Å². The summed E-state index contributed by atoms with van der Waals surface area (Å²) in [6.45, 7) is 3.65. The number of para-hydroxylation sites is 1. The minimum absolute atomic E-state index is 0.204. The lowest BCUT2D eigenvalue weighted by Gasteiger charge is -2.11. The summed E-state index contributed by atoms with van der Waals surface area (Å²) >= 11 is 0. The fourth-order valence-corrected chi connectivity index (χ4v) is 1.67. The number of nitrogens with one attached hydrogen (secondary N) is 2. The Hall–Kier alpha value is -2.27. The zero-order valence-corrected chi connectivity index (χ0v) is 10.8. The summed E-state index contributed by atoms with van der Waals surface area (Å²) in [7, 11) is 0. The number of benzene rings is 1. The molecule has 0 atom stereocenters. The lowest BCUT2D eigenvalue weighted by Crippen LogP contribution is -2.17. The van der Waals surface area contributed by atoms with Gasteiger partial charge >= 0.3 is 0 Å². The quantitative estimate of drug-likeness (QED) is 0.856. The van der Waals surface area contributed by atoms with Gasteiger partial charge in [0.15, 0.2) is 0 Å². The van der Waals surface area contributed by atoms with Gasteiger partial charge in [0.25, 0.3) is 5.91 Å². The molecule has 0 saturated carbocycles. The number of aromatic nitrogens is 2. The second-order valence-electron chi connectivity index (χ2n) is 4.02. The minimum Gasteiger partial charge on any atom is -0.322 e. The van der Waals surface area contributed by atoms with Gasteiger partial charge in [-0.25, -0.2) is 9.97 Å². The minimum atomic E-state index is -0.204. The van der Waals surface area contributed by atoms with Gasteiger partial charge in [-0.1, -0.05) is 25.1 Å². The lowest BCUT2D eigenvalue weighted by molar-refractivity contribution is 0.102. The van der Waals surface area contributed by atoms with E-state index in [1.165, 1.54) is 18.7 Å². The van der Waals surface area contributed by atoms with Gasteiger partial charge in [0, 0.05) is 24.6 Å². The fourth-order valence-electron chi connectivity index (χ4n) is 1.67. The molecule has 0 fully saturated rings. The van der Waals surface area contributed by atoms with Gasteiger partial charge in [0.1, 0.15) is 6.33 Å². The number of carbonyl (C=O) groups excluding carboxylic acids is 1. The average Bonchev–Trinajstić information content (AvgIpc) is 2.47. The predicted octanol–water partition coefficient (Wildman–Crippen LogP) is 1.84. The molecule has 0 aliphatic rings. The van der Waals surface area contributed by atoms with Crippen molar-refractivity contribution < 1.29 is 4.79 Å². The second-order valence-corrected chi connectivity index (χ2v) is 4.02. The van der Waals surface area contributed by atoms with Crippen molar-refractivity contribution in [1.29, 1.82) is 0 Å². The second kappa shape index (κ2) is 6.61. The Morgan fingerprint density at radius 1 is 1.21 bits per heavy atom. The number of anilines is 1. The summed E-state index contributed by atoms with van der Waals surface area (Å²) in [4.78, 5) is 19.7. The van der Waals surface area contributed by atoms with Crippen molar-refractivity contribution in [2.45, 2.75) is 13.5 Å². The van der Waals surface area contributed by atoms with E-state index in [0.717, 1.165) is 24.3 Å². The Bertz CT molecular complexity index is 542. The summed E-state index contributed by atoms with van der Waals surface area (Å²) < 4.78 is 0. The van der Waals surface area contributed by atoms with E-state index in [-0.39, 0.29) is 5.91 Å². The molecule has 0 radical (unpaired) electrons. The molecule has 1 heterocycles. The molecule has 5 nitrogen and oxygen atoms in total. The molecule has 2 rings (SSSR count). The molecule has 0 aliphatic heterocycles. The maximum Gasteiger partial charge on any atom is 0.258 e. The fraction of sp³-hybridized carbons (Fsp3) is 0.214. The number of hydrogen-bond acceptors (Lipinski definition) is 4. The van der Waals surface area contributed by atoms with Crippen LogP contribution in [-0.2, 0) is 6.54 Å². The summed E-state index contributed by atoms with van der Waals surface area (Å²) in [6, 6.07) is 7.72. The van der Waals surface area contributed by atoms with Crippen LogP contribution in [0.25, 0.3) is 0 Å². The van der Waals surface area contributed by atoms with Gasteiger partial charge in [-0.3, -0.25) is 4.79 Å². The van der Waals surface area contributed by atoms with Crippen molar-refractivity contribution in [3.8, 4) is 0 Å². The highest BCUT2D eigenvalue weighted by Gasteiger charge is 2.08. The molecule has 0 bridgehead atoms.